The molecule has 0 aliphatic carbocycles. The van der Waals surface area contributed by atoms with Gasteiger partial charge in [0, 0.05) is 24.7 Å². The minimum Gasteiger partial charge on any atom is -0.340 e. The highest BCUT2D eigenvalue weighted by Gasteiger charge is 2.26. The Balaban J connectivity index is 2.08. The maximum absolute atomic E-state index is 13.1. The fourth-order valence-corrected chi connectivity index (χ4v) is 3.56. The van der Waals surface area contributed by atoms with E-state index in [9.17, 15) is 4.79 Å². The molecular formula is C20H20N2O. The highest BCUT2D eigenvalue weighted by molar-refractivity contribution is 6.03. The van der Waals surface area contributed by atoms with Crippen molar-refractivity contribution in [1.29, 1.82) is 0 Å². The van der Waals surface area contributed by atoms with Gasteiger partial charge in [0.25, 0.3) is 5.91 Å². The van der Waals surface area contributed by atoms with E-state index in [-0.39, 0.29) is 5.91 Å². The highest BCUT2D eigenvalue weighted by atomic mass is 16.2. The first kappa shape index (κ1) is 14.1. The van der Waals surface area contributed by atoms with Crippen molar-refractivity contribution >= 4 is 16.8 Å². The summed E-state index contributed by atoms with van der Waals surface area (Å²) in [5.74, 6) is 0.125. The fraction of sp³-hybridized carbons (Fsp3) is 0.250. The molecule has 0 saturated carbocycles. The van der Waals surface area contributed by atoms with Gasteiger partial charge in [0.1, 0.15) is 5.69 Å². The third-order valence-electron chi connectivity index (χ3n) is 4.71. The largest absolute Gasteiger partial charge is 0.340 e. The average molecular weight is 304 g/mol. The minimum absolute atomic E-state index is 0.125. The van der Waals surface area contributed by atoms with Crippen molar-refractivity contribution in [3.05, 3.63) is 65.9 Å². The molecule has 116 valence electrons. The van der Waals surface area contributed by atoms with Gasteiger partial charge in [0.15, 0.2) is 0 Å². The van der Waals surface area contributed by atoms with Crippen molar-refractivity contribution in [1.82, 2.24) is 9.47 Å². The highest BCUT2D eigenvalue weighted by Crippen LogP contribution is 2.32. The zero-order valence-electron chi connectivity index (χ0n) is 13.3. The number of carbonyl (C=O) groups is 1. The Labute approximate surface area is 136 Å². The topological polar surface area (TPSA) is 25.2 Å². The zero-order chi connectivity index (χ0) is 15.8. The van der Waals surface area contributed by atoms with Gasteiger partial charge in [0.2, 0.25) is 0 Å². The number of nitrogens with zero attached hydrogens (tertiary/aromatic N) is 2. The molecule has 3 heteroatoms. The summed E-state index contributed by atoms with van der Waals surface area (Å²) in [6.07, 6.45) is 3.15. The molecule has 23 heavy (non-hydrogen) atoms. The van der Waals surface area contributed by atoms with Crippen molar-refractivity contribution in [2.45, 2.75) is 19.3 Å². The first-order chi connectivity index (χ1) is 11.3. The molecule has 0 unspecified atom stereocenters. The molecule has 0 bridgehead atoms. The van der Waals surface area contributed by atoms with Crippen molar-refractivity contribution < 1.29 is 4.79 Å². The van der Waals surface area contributed by atoms with Gasteiger partial charge in [-0.1, -0.05) is 36.4 Å². The summed E-state index contributed by atoms with van der Waals surface area (Å²) in [6, 6.07) is 18.5. The minimum atomic E-state index is 0.125. The molecule has 2 heterocycles. The van der Waals surface area contributed by atoms with Crippen molar-refractivity contribution in [2.24, 2.45) is 0 Å². The van der Waals surface area contributed by atoms with Crippen molar-refractivity contribution in [3.8, 4) is 5.69 Å². The number of fused-ring (bicyclic) bond motifs is 3. The number of hydrogen-bond donors (Lipinski definition) is 0. The second kappa shape index (κ2) is 5.58. The number of aromatic nitrogens is 1. The maximum atomic E-state index is 13.1. The summed E-state index contributed by atoms with van der Waals surface area (Å²) in [6.45, 7) is 0.828. The first-order valence-corrected chi connectivity index (χ1v) is 8.20. The standard InChI is InChI=1S/C20H20N2O/c1-21-14-8-7-12-17-16-11-5-6-13-18(16)22(19(17)20(21)23)15-9-3-2-4-10-15/h2-6,9-11,13H,7-8,12,14H2,1H3. The molecule has 0 fully saturated rings. The Morgan fingerprint density at radius 3 is 2.48 bits per heavy atom. The Morgan fingerprint density at radius 1 is 0.913 bits per heavy atom. The van der Waals surface area contributed by atoms with Crippen LogP contribution in [0.5, 0.6) is 0 Å². The van der Waals surface area contributed by atoms with Gasteiger partial charge in [-0.25, -0.2) is 0 Å². The Hall–Kier alpha value is -2.55. The van der Waals surface area contributed by atoms with Crippen LogP contribution in [0.3, 0.4) is 0 Å². The molecular weight excluding hydrogens is 284 g/mol. The van der Waals surface area contributed by atoms with E-state index in [1.165, 1.54) is 10.9 Å². The quantitative estimate of drug-likeness (QED) is 0.666. The van der Waals surface area contributed by atoms with Crippen LogP contribution < -0.4 is 0 Å². The molecule has 1 amide bonds. The van der Waals surface area contributed by atoms with Crippen LogP contribution in [0.25, 0.3) is 16.6 Å². The van der Waals surface area contributed by atoms with Crippen molar-refractivity contribution in [3.63, 3.8) is 0 Å². The molecule has 1 aliphatic rings. The number of rotatable bonds is 1. The van der Waals surface area contributed by atoms with Crippen LogP contribution in [0.1, 0.15) is 28.9 Å². The molecule has 0 spiro atoms. The van der Waals surface area contributed by atoms with Crippen LogP contribution >= 0.6 is 0 Å². The van der Waals surface area contributed by atoms with Gasteiger partial charge >= 0.3 is 0 Å². The molecule has 0 atom stereocenters. The molecule has 4 rings (SSSR count). The predicted octanol–water partition coefficient (Wildman–Crippen LogP) is 4.04. The number of hydrogen-bond acceptors (Lipinski definition) is 1. The number of carbonyl (C=O) groups excluding carboxylic acids is 1. The lowest BCUT2D eigenvalue weighted by atomic mass is 10.0. The number of para-hydroxylation sites is 2. The third-order valence-corrected chi connectivity index (χ3v) is 4.71. The van der Waals surface area contributed by atoms with Gasteiger partial charge < -0.3 is 9.47 Å². The number of amides is 1. The van der Waals surface area contributed by atoms with E-state index in [0.717, 1.165) is 42.7 Å². The first-order valence-electron chi connectivity index (χ1n) is 8.20. The molecule has 0 saturated heterocycles. The van der Waals surface area contributed by atoms with Crippen LogP contribution in [-0.4, -0.2) is 29.0 Å². The van der Waals surface area contributed by atoms with Crippen LogP contribution in [-0.2, 0) is 6.42 Å². The van der Waals surface area contributed by atoms with E-state index in [4.69, 9.17) is 0 Å². The van der Waals surface area contributed by atoms with Gasteiger partial charge in [-0.3, -0.25) is 4.79 Å². The van der Waals surface area contributed by atoms with Gasteiger partial charge in [-0.05, 0) is 43.0 Å². The fourth-order valence-electron chi connectivity index (χ4n) is 3.56. The molecule has 0 N–H and O–H groups in total. The second-order valence-electron chi connectivity index (χ2n) is 6.20. The van der Waals surface area contributed by atoms with E-state index in [1.807, 2.05) is 36.2 Å². The lowest BCUT2D eigenvalue weighted by Crippen LogP contribution is -2.31. The van der Waals surface area contributed by atoms with E-state index < -0.39 is 0 Å². The second-order valence-corrected chi connectivity index (χ2v) is 6.20. The van der Waals surface area contributed by atoms with Crippen LogP contribution in [0, 0.1) is 0 Å². The molecule has 1 aromatic heterocycles. The lowest BCUT2D eigenvalue weighted by Gasteiger charge is -2.22. The Morgan fingerprint density at radius 2 is 1.65 bits per heavy atom. The summed E-state index contributed by atoms with van der Waals surface area (Å²) in [7, 11) is 1.91. The Bertz CT molecular complexity index is 864. The summed E-state index contributed by atoms with van der Waals surface area (Å²) in [4.78, 5) is 14.9. The average Bonchev–Trinajstić information content (AvgIpc) is 2.91. The van der Waals surface area contributed by atoms with Gasteiger partial charge in [0.05, 0.1) is 5.52 Å². The summed E-state index contributed by atoms with van der Waals surface area (Å²) in [5.41, 5.74) is 4.19. The summed E-state index contributed by atoms with van der Waals surface area (Å²) in [5, 5.41) is 1.20. The maximum Gasteiger partial charge on any atom is 0.270 e. The smallest absolute Gasteiger partial charge is 0.270 e. The number of aryl methyl sites for hydroxylation is 1. The Kier molecular flexibility index (Phi) is 3.41. The number of benzene rings is 2. The SMILES string of the molecule is CN1CCCCc2c(n(-c3ccccc3)c3ccccc23)C1=O. The van der Waals surface area contributed by atoms with Crippen LogP contribution in [0.2, 0.25) is 0 Å². The molecule has 3 aromatic rings. The van der Waals surface area contributed by atoms with E-state index in [1.54, 1.807) is 0 Å². The zero-order valence-corrected chi connectivity index (χ0v) is 13.3. The molecule has 1 aliphatic heterocycles. The van der Waals surface area contributed by atoms with Crippen LogP contribution in [0.15, 0.2) is 54.6 Å². The van der Waals surface area contributed by atoms with Crippen LogP contribution in [0.4, 0.5) is 0 Å². The monoisotopic (exact) mass is 304 g/mol. The molecule has 2 aromatic carbocycles. The summed E-state index contributed by atoms with van der Waals surface area (Å²) < 4.78 is 2.13. The lowest BCUT2D eigenvalue weighted by molar-refractivity contribution is 0.0780. The van der Waals surface area contributed by atoms with E-state index >= 15 is 0 Å². The molecule has 0 radical (unpaired) electrons. The predicted molar refractivity (Wildman–Crippen MR) is 93.2 cm³/mol. The van der Waals surface area contributed by atoms with Crippen molar-refractivity contribution in [2.75, 3.05) is 13.6 Å². The van der Waals surface area contributed by atoms with E-state index in [0.29, 0.717) is 0 Å². The van der Waals surface area contributed by atoms with E-state index in [2.05, 4.69) is 34.9 Å². The van der Waals surface area contributed by atoms with Gasteiger partial charge in [-0.15, -0.1) is 0 Å². The molecule has 3 nitrogen and oxygen atoms in total. The van der Waals surface area contributed by atoms with Gasteiger partial charge in [-0.2, -0.15) is 0 Å². The normalized spacial score (nSPS) is 15.3. The third kappa shape index (κ3) is 2.24. The summed E-state index contributed by atoms with van der Waals surface area (Å²) >= 11 is 0.